The highest BCUT2D eigenvalue weighted by Gasteiger charge is 2.13. The second-order valence-electron chi connectivity index (χ2n) is 4.19. The molecular weight excluding hydrogens is 248 g/mol. The largest absolute Gasteiger partial charge is 0.506 e. The lowest BCUT2D eigenvalue weighted by molar-refractivity contribution is 0.447. The third kappa shape index (κ3) is 3.85. The van der Waals surface area contributed by atoms with E-state index in [0.29, 0.717) is 5.75 Å². The highest BCUT2D eigenvalue weighted by molar-refractivity contribution is 8.00. The Morgan fingerprint density at radius 1 is 1.06 bits per heavy atom. The minimum absolute atomic E-state index is 0.491. The van der Waals surface area contributed by atoms with Gasteiger partial charge in [0.05, 0.1) is 9.79 Å². The molecule has 0 fully saturated rings. The molecule has 0 atom stereocenters. The molecule has 0 unspecified atom stereocenters. The van der Waals surface area contributed by atoms with Gasteiger partial charge >= 0.3 is 0 Å². The first-order valence-corrected chi connectivity index (χ1v) is 8.17. The lowest BCUT2D eigenvalue weighted by Crippen LogP contribution is -1.91. The standard InChI is InChI=1S/C14H22OS2/c1-5-7-16-12-9-10(3)11(4)14(13(12)15)17-8-6-2/h9,15H,5-8H2,1-4H3. The monoisotopic (exact) mass is 270 g/mol. The Morgan fingerprint density at radius 3 is 2.24 bits per heavy atom. The molecule has 0 aliphatic heterocycles. The molecule has 96 valence electrons. The van der Waals surface area contributed by atoms with Crippen LogP contribution in [0.5, 0.6) is 5.75 Å². The molecule has 1 aromatic rings. The van der Waals surface area contributed by atoms with Crippen LogP contribution in [0.4, 0.5) is 0 Å². The van der Waals surface area contributed by atoms with Crippen molar-refractivity contribution in [1.29, 1.82) is 0 Å². The number of aromatic hydroxyl groups is 1. The topological polar surface area (TPSA) is 20.2 Å². The lowest BCUT2D eigenvalue weighted by atomic mass is 10.1. The van der Waals surface area contributed by atoms with Crippen LogP contribution in [0.15, 0.2) is 15.9 Å². The fourth-order valence-electron chi connectivity index (χ4n) is 1.54. The molecule has 0 radical (unpaired) electrons. The Morgan fingerprint density at radius 2 is 1.65 bits per heavy atom. The van der Waals surface area contributed by atoms with Crippen LogP contribution >= 0.6 is 23.5 Å². The van der Waals surface area contributed by atoms with Gasteiger partial charge in [0.15, 0.2) is 0 Å². The molecule has 1 rings (SSSR count). The second kappa shape index (κ2) is 7.22. The fraction of sp³-hybridized carbons (Fsp3) is 0.571. The molecule has 0 aromatic heterocycles. The van der Waals surface area contributed by atoms with E-state index < -0.39 is 0 Å². The zero-order valence-corrected chi connectivity index (χ0v) is 12.8. The first-order chi connectivity index (χ1) is 8.11. The quantitative estimate of drug-likeness (QED) is 0.733. The van der Waals surface area contributed by atoms with E-state index in [9.17, 15) is 5.11 Å². The number of aryl methyl sites for hydroxylation is 1. The van der Waals surface area contributed by atoms with Crippen LogP contribution in [0.2, 0.25) is 0 Å². The van der Waals surface area contributed by atoms with Gasteiger partial charge in [0, 0.05) is 0 Å². The highest BCUT2D eigenvalue weighted by atomic mass is 32.2. The predicted molar refractivity (Wildman–Crippen MR) is 79.6 cm³/mol. The van der Waals surface area contributed by atoms with Crippen LogP contribution in [-0.4, -0.2) is 16.6 Å². The van der Waals surface area contributed by atoms with E-state index in [0.717, 1.165) is 34.1 Å². The third-order valence-electron chi connectivity index (χ3n) is 2.64. The molecule has 0 aliphatic carbocycles. The van der Waals surface area contributed by atoms with Crippen molar-refractivity contribution in [3.63, 3.8) is 0 Å². The first kappa shape index (κ1) is 14.8. The van der Waals surface area contributed by atoms with Crippen molar-refractivity contribution < 1.29 is 5.11 Å². The maximum Gasteiger partial charge on any atom is 0.142 e. The van der Waals surface area contributed by atoms with E-state index >= 15 is 0 Å². The zero-order chi connectivity index (χ0) is 12.8. The van der Waals surface area contributed by atoms with Crippen LogP contribution in [0, 0.1) is 13.8 Å². The molecule has 0 bridgehead atoms. The van der Waals surface area contributed by atoms with Crippen LogP contribution in [0.1, 0.15) is 37.8 Å². The van der Waals surface area contributed by atoms with Gasteiger partial charge in [-0.25, -0.2) is 0 Å². The normalized spacial score (nSPS) is 10.8. The van der Waals surface area contributed by atoms with Gasteiger partial charge in [-0.05, 0) is 55.4 Å². The number of hydrogen-bond acceptors (Lipinski definition) is 3. The minimum atomic E-state index is 0.491. The van der Waals surface area contributed by atoms with Gasteiger partial charge in [-0.15, -0.1) is 23.5 Å². The summed E-state index contributed by atoms with van der Waals surface area (Å²) >= 11 is 3.53. The summed E-state index contributed by atoms with van der Waals surface area (Å²) in [6.07, 6.45) is 2.27. The summed E-state index contributed by atoms with van der Waals surface area (Å²) in [5.74, 6) is 2.62. The van der Waals surface area contributed by atoms with E-state index in [1.807, 2.05) is 0 Å². The number of benzene rings is 1. The smallest absolute Gasteiger partial charge is 0.142 e. The summed E-state index contributed by atoms with van der Waals surface area (Å²) < 4.78 is 0. The summed E-state index contributed by atoms with van der Waals surface area (Å²) in [4.78, 5) is 2.11. The van der Waals surface area contributed by atoms with Crippen molar-refractivity contribution in [2.75, 3.05) is 11.5 Å². The van der Waals surface area contributed by atoms with Gasteiger partial charge in [-0.1, -0.05) is 13.8 Å². The van der Waals surface area contributed by atoms with E-state index in [1.54, 1.807) is 23.5 Å². The average Bonchev–Trinajstić information content (AvgIpc) is 2.32. The number of phenols is 1. The van der Waals surface area contributed by atoms with Crippen molar-refractivity contribution in [2.45, 2.75) is 50.3 Å². The number of phenolic OH excluding ortho intramolecular Hbond substituents is 1. The van der Waals surface area contributed by atoms with E-state index in [-0.39, 0.29) is 0 Å². The Hall–Kier alpha value is -0.280. The van der Waals surface area contributed by atoms with Crippen molar-refractivity contribution in [3.8, 4) is 5.75 Å². The fourth-order valence-corrected chi connectivity index (χ4v) is 3.56. The van der Waals surface area contributed by atoms with Gasteiger partial charge in [0.2, 0.25) is 0 Å². The van der Waals surface area contributed by atoms with Crippen LogP contribution in [-0.2, 0) is 0 Å². The SMILES string of the molecule is CCCSc1cc(C)c(C)c(SCCC)c1O. The Kier molecular flexibility index (Phi) is 6.28. The van der Waals surface area contributed by atoms with Crippen molar-refractivity contribution in [3.05, 3.63) is 17.2 Å². The molecule has 0 heterocycles. The van der Waals surface area contributed by atoms with Crippen LogP contribution < -0.4 is 0 Å². The maximum atomic E-state index is 10.3. The molecule has 17 heavy (non-hydrogen) atoms. The molecule has 1 N–H and O–H groups in total. The molecular formula is C14H22OS2. The first-order valence-electron chi connectivity index (χ1n) is 6.20. The molecule has 1 nitrogen and oxygen atoms in total. The van der Waals surface area contributed by atoms with Crippen molar-refractivity contribution >= 4 is 23.5 Å². The predicted octanol–water partition coefficient (Wildman–Crippen LogP) is 5.01. The van der Waals surface area contributed by atoms with Gasteiger partial charge < -0.3 is 5.11 Å². The third-order valence-corrected chi connectivity index (χ3v) is 5.28. The van der Waals surface area contributed by atoms with E-state index in [4.69, 9.17) is 0 Å². The van der Waals surface area contributed by atoms with Gasteiger partial charge in [-0.2, -0.15) is 0 Å². The molecule has 0 saturated heterocycles. The molecule has 0 amide bonds. The van der Waals surface area contributed by atoms with Crippen LogP contribution in [0.3, 0.4) is 0 Å². The molecule has 0 aliphatic rings. The summed E-state index contributed by atoms with van der Waals surface area (Å²) in [7, 11) is 0. The lowest BCUT2D eigenvalue weighted by Gasteiger charge is -2.14. The molecule has 0 spiro atoms. The Balaban J connectivity index is 3.04. The molecule has 3 heteroatoms. The summed E-state index contributed by atoms with van der Waals surface area (Å²) in [5.41, 5.74) is 2.50. The van der Waals surface area contributed by atoms with Crippen molar-refractivity contribution in [2.24, 2.45) is 0 Å². The summed E-state index contributed by atoms with van der Waals surface area (Å²) in [6.45, 7) is 8.56. The summed E-state index contributed by atoms with van der Waals surface area (Å²) in [5, 5.41) is 10.3. The second-order valence-corrected chi connectivity index (χ2v) is 6.43. The maximum absolute atomic E-state index is 10.3. The average molecular weight is 270 g/mol. The minimum Gasteiger partial charge on any atom is -0.506 e. The number of hydrogen-bond donors (Lipinski definition) is 1. The van der Waals surface area contributed by atoms with Gasteiger partial charge in [-0.3, -0.25) is 0 Å². The summed E-state index contributed by atoms with van der Waals surface area (Å²) in [6, 6.07) is 2.11. The number of rotatable bonds is 6. The van der Waals surface area contributed by atoms with Gasteiger partial charge in [0.25, 0.3) is 0 Å². The van der Waals surface area contributed by atoms with Crippen molar-refractivity contribution in [1.82, 2.24) is 0 Å². The van der Waals surface area contributed by atoms with Gasteiger partial charge in [0.1, 0.15) is 5.75 Å². The van der Waals surface area contributed by atoms with E-state index in [1.165, 1.54) is 11.1 Å². The highest BCUT2D eigenvalue weighted by Crippen LogP contribution is 2.41. The Bertz CT molecular complexity index is 375. The zero-order valence-electron chi connectivity index (χ0n) is 11.2. The van der Waals surface area contributed by atoms with Crippen LogP contribution in [0.25, 0.3) is 0 Å². The Labute approximate surface area is 113 Å². The van der Waals surface area contributed by atoms with E-state index in [2.05, 4.69) is 33.8 Å². The number of thioether (sulfide) groups is 2. The molecule has 1 aromatic carbocycles. The molecule has 0 saturated carbocycles.